The van der Waals surface area contributed by atoms with Gasteiger partial charge in [-0.1, -0.05) is 29.8 Å². The SMILES string of the molecule is CCn1c(Br)cnc1-c1ccc(C)cc1. The molecule has 0 amide bonds. The zero-order valence-corrected chi connectivity index (χ0v) is 10.5. The van der Waals surface area contributed by atoms with Gasteiger partial charge in [-0.25, -0.2) is 4.98 Å². The van der Waals surface area contributed by atoms with Crippen LogP contribution in [0.1, 0.15) is 12.5 Å². The van der Waals surface area contributed by atoms with E-state index in [1.165, 1.54) is 5.56 Å². The van der Waals surface area contributed by atoms with Crippen molar-refractivity contribution in [2.24, 2.45) is 0 Å². The summed E-state index contributed by atoms with van der Waals surface area (Å²) in [6, 6.07) is 8.43. The topological polar surface area (TPSA) is 17.8 Å². The molecular formula is C12H13BrN2. The Hall–Kier alpha value is -1.09. The number of hydrogen-bond acceptors (Lipinski definition) is 1. The number of aromatic nitrogens is 2. The van der Waals surface area contributed by atoms with E-state index in [2.05, 4.69) is 63.6 Å². The molecule has 3 heteroatoms. The first-order valence-electron chi connectivity index (χ1n) is 5.00. The van der Waals surface area contributed by atoms with Crippen molar-refractivity contribution in [1.82, 2.24) is 9.55 Å². The third-order valence-corrected chi connectivity index (χ3v) is 3.07. The quantitative estimate of drug-likeness (QED) is 0.810. The first-order valence-corrected chi connectivity index (χ1v) is 5.79. The number of halogens is 1. The Kier molecular flexibility index (Phi) is 2.91. The van der Waals surface area contributed by atoms with Gasteiger partial charge >= 0.3 is 0 Å². The standard InChI is InChI=1S/C12H13BrN2/c1-3-15-11(13)8-14-12(15)10-6-4-9(2)5-7-10/h4-8H,3H2,1-2H3. The summed E-state index contributed by atoms with van der Waals surface area (Å²) in [5, 5.41) is 0. The largest absolute Gasteiger partial charge is 0.319 e. The normalized spacial score (nSPS) is 10.6. The molecule has 0 spiro atoms. The predicted octanol–water partition coefficient (Wildman–Crippen LogP) is 3.64. The minimum atomic E-state index is 0.920. The minimum absolute atomic E-state index is 0.920. The maximum atomic E-state index is 4.40. The Balaban J connectivity index is 2.49. The fourth-order valence-electron chi connectivity index (χ4n) is 1.59. The molecule has 1 heterocycles. The molecular weight excluding hydrogens is 252 g/mol. The van der Waals surface area contributed by atoms with Gasteiger partial charge in [-0.2, -0.15) is 0 Å². The van der Waals surface area contributed by atoms with Crippen LogP contribution in [0.3, 0.4) is 0 Å². The maximum Gasteiger partial charge on any atom is 0.140 e. The molecule has 1 aromatic carbocycles. The van der Waals surface area contributed by atoms with Crippen LogP contribution in [0.25, 0.3) is 11.4 Å². The summed E-state index contributed by atoms with van der Waals surface area (Å²) in [5.41, 5.74) is 2.43. The van der Waals surface area contributed by atoms with Gasteiger partial charge in [-0.05, 0) is 29.8 Å². The van der Waals surface area contributed by atoms with Gasteiger partial charge < -0.3 is 4.57 Å². The van der Waals surface area contributed by atoms with Crippen molar-refractivity contribution < 1.29 is 0 Å². The lowest BCUT2D eigenvalue weighted by Crippen LogP contribution is -1.97. The second-order valence-electron chi connectivity index (χ2n) is 3.51. The molecule has 0 atom stereocenters. The van der Waals surface area contributed by atoms with Crippen LogP contribution in [0.15, 0.2) is 35.1 Å². The molecule has 1 aromatic heterocycles. The lowest BCUT2D eigenvalue weighted by atomic mass is 10.1. The number of benzene rings is 1. The average Bonchev–Trinajstić information content (AvgIpc) is 2.61. The Morgan fingerprint density at radius 3 is 2.53 bits per heavy atom. The first-order chi connectivity index (χ1) is 7.22. The van der Waals surface area contributed by atoms with Crippen molar-refractivity contribution in [3.05, 3.63) is 40.6 Å². The third kappa shape index (κ3) is 1.97. The molecule has 0 N–H and O–H groups in total. The monoisotopic (exact) mass is 264 g/mol. The molecule has 0 fully saturated rings. The Morgan fingerprint density at radius 1 is 1.27 bits per heavy atom. The number of rotatable bonds is 2. The summed E-state index contributed by atoms with van der Waals surface area (Å²) in [6.45, 7) is 5.12. The smallest absolute Gasteiger partial charge is 0.140 e. The molecule has 78 valence electrons. The van der Waals surface area contributed by atoms with E-state index in [0.29, 0.717) is 0 Å². The molecule has 0 unspecified atom stereocenters. The van der Waals surface area contributed by atoms with Gasteiger partial charge in [0, 0.05) is 12.1 Å². The Bertz CT molecular complexity index is 457. The highest BCUT2D eigenvalue weighted by Gasteiger charge is 2.07. The number of hydrogen-bond donors (Lipinski definition) is 0. The Morgan fingerprint density at radius 2 is 1.93 bits per heavy atom. The van der Waals surface area contributed by atoms with E-state index in [9.17, 15) is 0 Å². The molecule has 2 aromatic rings. The molecule has 2 rings (SSSR count). The predicted molar refractivity (Wildman–Crippen MR) is 65.8 cm³/mol. The van der Waals surface area contributed by atoms with E-state index in [4.69, 9.17) is 0 Å². The van der Waals surface area contributed by atoms with E-state index >= 15 is 0 Å². The van der Waals surface area contributed by atoms with Gasteiger partial charge in [0.2, 0.25) is 0 Å². The highest BCUT2D eigenvalue weighted by Crippen LogP contribution is 2.22. The summed E-state index contributed by atoms with van der Waals surface area (Å²) in [6.07, 6.45) is 1.85. The highest BCUT2D eigenvalue weighted by molar-refractivity contribution is 9.10. The third-order valence-electron chi connectivity index (χ3n) is 2.43. The Labute approximate surface area is 98.1 Å². The van der Waals surface area contributed by atoms with Gasteiger partial charge in [-0.15, -0.1) is 0 Å². The van der Waals surface area contributed by atoms with Gasteiger partial charge in [-0.3, -0.25) is 0 Å². The second-order valence-corrected chi connectivity index (χ2v) is 4.33. The fourth-order valence-corrected chi connectivity index (χ4v) is 2.11. The lowest BCUT2D eigenvalue weighted by molar-refractivity contribution is 0.755. The van der Waals surface area contributed by atoms with E-state index in [1.807, 2.05) is 6.20 Å². The van der Waals surface area contributed by atoms with Gasteiger partial charge in [0.05, 0.1) is 6.20 Å². The number of aryl methyl sites for hydroxylation is 1. The van der Waals surface area contributed by atoms with Crippen molar-refractivity contribution in [2.45, 2.75) is 20.4 Å². The maximum absolute atomic E-state index is 4.40. The second kappa shape index (κ2) is 4.19. The van der Waals surface area contributed by atoms with Crippen LogP contribution >= 0.6 is 15.9 Å². The van der Waals surface area contributed by atoms with E-state index in [-0.39, 0.29) is 0 Å². The van der Waals surface area contributed by atoms with Crippen LogP contribution in [0.5, 0.6) is 0 Å². The van der Waals surface area contributed by atoms with Crippen molar-refractivity contribution >= 4 is 15.9 Å². The molecule has 0 aliphatic heterocycles. The zero-order chi connectivity index (χ0) is 10.8. The molecule has 0 aliphatic carbocycles. The molecule has 0 saturated heterocycles. The molecule has 0 aliphatic rings. The summed E-state index contributed by atoms with van der Waals surface area (Å²) in [5.74, 6) is 1.02. The van der Waals surface area contributed by atoms with Crippen LogP contribution in [0.4, 0.5) is 0 Å². The molecule has 15 heavy (non-hydrogen) atoms. The van der Waals surface area contributed by atoms with Crippen LogP contribution < -0.4 is 0 Å². The van der Waals surface area contributed by atoms with Gasteiger partial charge in [0.15, 0.2) is 0 Å². The average molecular weight is 265 g/mol. The first kappa shape index (κ1) is 10.4. The van der Waals surface area contributed by atoms with Crippen molar-refractivity contribution in [3.63, 3.8) is 0 Å². The van der Waals surface area contributed by atoms with Crippen LogP contribution in [-0.2, 0) is 6.54 Å². The number of nitrogens with zero attached hydrogens (tertiary/aromatic N) is 2. The van der Waals surface area contributed by atoms with Crippen LogP contribution in [-0.4, -0.2) is 9.55 Å². The summed E-state index contributed by atoms with van der Waals surface area (Å²) in [7, 11) is 0. The van der Waals surface area contributed by atoms with E-state index < -0.39 is 0 Å². The van der Waals surface area contributed by atoms with Gasteiger partial charge in [0.25, 0.3) is 0 Å². The number of imidazole rings is 1. The van der Waals surface area contributed by atoms with Crippen LogP contribution in [0, 0.1) is 6.92 Å². The van der Waals surface area contributed by atoms with Crippen molar-refractivity contribution in [3.8, 4) is 11.4 Å². The fraction of sp³-hybridized carbons (Fsp3) is 0.250. The van der Waals surface area contributed by atoms with Crippen LogP contribution in [0.2, 0.25) is 0 Å². The summed E-state index contributed by atoms with van der Waals surface area (Å²) in [4.78, 5) is 4.40. The van der Waals surface area contributed by atoms with Crippen molar-refractivity contribution in [1.29, 1.82) is 0 Å². The molecule has 0 radical (unpaired) electrons. The molecule has 0 saturated carbocycles. The molecule has 0 bridgehead atoms. The molecule has 2 nitrogen and oxygen atoms in total. The van der Waals surface area contributed by atoms with E-state index in [1.54, 1.807) is 0 Å². The van der Waals surface area contributed by atoms with Gasteiger partial charge in [0.1, 0.15) is 10.4 Å². The van der Waals surface area contributed by atoms with Crippen molar-refractivity contribution in [2.75, 3.05) is 0 Å². The van der Waals surface area contributed by atoms with E-state index in [0.717, 1.165) is 22.5 Å². The minimum Gasteiger partial charge on any atom is -0.319 e. The lowest BCUT2D eigenvalue weighted by Gasteiger charge is -2.06. The zero-order valence-electron chi connectivity index (χ0n) is 8.87. The summed E-state index contributed by atoms with van der Waals surface area (Å²) < 4.78 is 3.17. The highest BCUT2D eigenvalue weighted by atomic mass is 79.9. The summed E-state index contributed by atoms with van der Waals surface area (Å²) >= 11 is 3.49.